The first-order valence-electron chi connectivity index (χ1n) is 9.85. The number of piperidine rings is 1. The Labute approximate surface area is 195 Å². The molecule has 0 atom stereocenters. The number of benzene rings is 1. The summed E-state index contributed by atoms with van der Waals surface area (Å²) in [7, 11) is -2.15. The number of nitrogens with two attached hydrogens (primary N) is 1. The fraction of sp³-hybridized carbons (Fsp3) is 0.350. The molecule has 3 heterocycles. The number of aryl methyl sites for hydroxylation is 1. The number of ether oxygens (including phenoxy) is 1. The Morgan fingerprint density at radius 3 is 2.69 bits per heavy atom. The molecule has 0 radical (unpaired) electrons. The number of hydrogen-bond acceptors (Lipinski definition) is 8. The van der Waals surface area contributed by atoms with Gasteiger partial charge in [-0.25, -0.2) is 15.1 Å². The Bertz CT molecular complexity index is 1230. The number of anilines is 2. The van der Waals surface area contributed by atoms with Gasteiger partial charge in [0.1, 0.15) is 5.01 Å². The van der Waals surface area contributed by atoms with E-state index < -0.39 is 15.1 Å². The topological polar surface area (TPSA) is 123 Å². The van der Waals surface area contributed by atoms with E-state index >= 15 is 0 Å². The van der Waals surface area contributed by atoms with Crippen molar-refractivity contribution in [3.63, 3.8) is 0 Å². The van der Waals surface area contributed by atoms with E-state index in [9.17, 15) is 8.42 Å². The molecular formula is C20H23ClN6O3S2. The lowest BCUT2D eigenvalue weighted by Gasteiger charge is -2.34. The molecule has 3 aromatic rings. The molecule has 9 nitrogen and oxygen atoms in total. The summed E-state index contributed by atoms with van der Waals surface area (Å²) in [6, 6.07) is 7.75. The third-order valence-corrected chi connectivity index (χ3v) is 8.23. The molecule has 1 aliphatic rings. The first kappa shape index (κ1) is 22.9. The smallest absolute Gasteiger partial charge is 0.276 e. The Balaban J connectivity index is 1.55. The highest BCUT2D eigenvalue weighted by Gasteiger charge is 2.39. The fourth-order valence-electron chi connectivity index (χ4n) is 3.57. The molecule has 1 saturated heterocycles. The lowest BCUT2D eigenvalue weighted by atomic mass is 9.98. The molecule has 4 rings (SSSR count). The second kappa shape index (κ2) is 8.91. The number of aromatic nitrogens is 3. The van der Waals surface area contributed by atoms with Crippen molar-refractivity contribution >= 4 is 44.8 Å². The average Bonchev–Trinajstić information content (AvgIpc) is 3.24. The molecule has 2 aromatic heterocycles. The normalized spacial score (nSPS) is 16.6. The number of halogens is 1. The van der Waals surface area contributed by atoms with E-state index in [1.165, 1.54) is 15.6 Å². The zero-order valence-corrected chi connectivity index (χ0v) is 20.0. The van der Waals surface area contributed by atoms with Crippen LogP contribution in [0.15, 0.2) is 36.7 Å². The Hall–Kier alpha value is -2.31. The molecule has 0 bridgehead atoms. The van der Waals surface area contributed by atoms with Crippen LogP contribution < -0.4 is 15.2 Å². The number of rotatable bonds is 6. The van der Waals surface area contributed by atoms with Gasteiger partial charge in [-0.05, 0) is 43.0 Å². The highest BCUT2D eigenvalue weighted by atomic mass is 35.5. The molecule has 0 unspecified atom stereocenters. The SMILES string of the molecule is COc1ccnc(Nc2cc(C)cc(-c3cnc(C4(Cl)CCN(S(N)(=O)=O)CC4)s3)c2)n1. The summed E-state index contributed by atoms with van der Waals surface area (Å²) in [6.07, 6.45) is 4.33. The molecule has 0 aliphatic carbocycles. The second-order valence-corrected chi connectivity index (χ2v) is 10.9. The summed E-state index contributed by atoms with van der Waals surface area (Å²) in [4.78, 5) is 13.3. The minimum absolute atomic E-state index is 0.274. The quantitative estimate of drug-likeness (QED) is 0.503. The van der Waals surface area contributed by atoms with Gasteiger partial charge in [-0.3, -0.25) is 0 Å². The van der Waals surface area contributed by atoms with Crippen LogP contribution in [0, 0.1) is 6.92 Å². The summed E-state index contributed by atoms with van der Waals surface area (Å²) in [5.41, 5.74) is 2.89. The van der Waals surface area contributed by atoms with Gasteiger partial charge in [0.05, 0.1) is 16.9 Å². The van der Waals surface area contributed by atoms with E-state index in [1.807, 2.05) is 19.1 Å². The van der Waals surface area contributed by atoms with Gasteiger partial charge in [-0.1, -0.05) is 6.07 Å². The van der Waals surface area contributed by atoms with Crippen molar-refractivity contribution in [3.8, 4) is 16.3 Å². The van der Waals surface area contributed by atoms with Gasteiger partial charge < -0.3 is 10.1 Å². The highest BCUT2D eigenvalue weighted by molar-refractivity contribution is 7.86. The molecule has 3 N–H and O–H groups in total. The summed E-state index contributed by atoms with van der Waals surface area (Å²) >= 11 is 8.37. The molecule has 1 aliphatic heterocycles. The summed E-state index contributed by atoms with van der Waals surface area (Å²) in [5.74, 6) is 0.913. The first-order chi connectivity index (χ1) is 15.2. The molecule has 32 heavy (non-hydrogen) atoms. The Kier molecular flexibility index (Phi) is 6.37. The largest absolute Gasteiger partial charge is 0.481 e. The zero-order chi connectivity index (χ0) is 22.9. The van der Waals surface area contributed by atoms with E-state index in [1.54, 1.807) is 25.6 Å². The third-order valence-electron chi connectivity index (χ3n) is 5.22. The van der Waals surface area contributed by atoms with Gasteiger partial charge in [-0.2, -0.15) is 17.7 Å². The number of nitrogens with one attached hydrogen (secondary N) is 1. The van der Waals surface area contributed by atoms with Gasteiger partial charge >= 0.3 is 0 Å². The maximum atomic E-state index is 11.6. The number of nitrogens with zero attached hydrogens (tertiary/aromatic N) is 4. The van der Waals surface area contributed by atoms with Gasteiger partial charge in [-0.15, -0.1) is 22.9 Å². The zero-order valence-electron chi connectivity index (χ0n) is 17.6. The highest BCUT2D eigenvalue weighted by Crippen LogP contribution is 2.43. The van der Waals surface area contributed by atoms with Crippen molar-refractivity contribution in [2.45, 2.75) is 24.6 Å². The minimum Gasteiger partial charge on any atom is -0.481 e. The number of thiazole rings is 1. The van der Waals surface area contributed by atoms with Crippen molar-refractivity contribution in [2.24, 2.45) is 5.14 Å². The minimum atomic E-state index is -3.70. The lowest BCUT2D eigenvalue weighted by molar-refractivity contribution is 0.295. The summed E-state index contributed by atoms with van der Waals surface area (Å²) < 4.78 is 29.6. The molecule has 0 saturated carbocycles. The molecule has 0 amide bonds. The summed E-state index contributed by atoms with van der Waals surface area (Å²) in [5, 5.41) is 9.22. The number of alkyl halides is 1. The van der Waals surface area contributed by atoms with Crippen molar-refractivity contribution in [2.75, 3.05) is 25.5 Å². The number of hydrogen-bond donors (Lipinski definition) is 2. The molecular weight excluding hydrogens is 472 g/mol. The van der Waals surface area contributed by atoms with Gasteiger partial charge in [0.25, 0.3) is 10.2 Å². The maximum absolute atomic E-state index is 11.6. The predicted octanol–water partition coefficient (Wildman–Crippen LogP) is 3.39. The monoisotopic (exact) mass is 494 g/mol. The van der Waals surface area contributed by atoms with Gasteiger partial charge in [0.15, 0.2) is 0 Å². The van der Waals surface area contributed by atoms with Crippen molar-refractivity contribution in [1.82, 2.24) is 19.3 Å². The number of methoxy groups -OCH3 is 1. The molecule has 12 heteroatoms. The van der Waals surface area contributed by atoms with E-state index in [0.717, 1.165) is 26.7 Å². The van der Waals surface area contributed by atoms with Crippen LogP contribution in [0.3, 0.4) is 0 Å². The lowest BCUT2D eigenvalue weighted by Crippen LogP contribution is -2.45. The average molecular weight is 495 g/mol. The Morgan fingerprint density at radius 2 is 2.00 bits per heavy atom. The van der Waals surface area contributed by atoms with Crippen molar-refractivity contribution in [3.05, 3.63) is 47.2 Å². The van der Waals surface area contributed by atoms with Gasteiger partial charge in [0.2, 0.25) is 11.8 Å². The summed E-state index contributed by atoms with van der Waals surface area (Å²) in [6.45, 7) is 2.56. The molecule has 0 spiro atoms. The van der Waals surface area contributed by atoms with Crippen LogP contribution >= 0.6 is 22.9 Å². The third kappa shape index (κ3) is 5.02. The molecule has 1 aromatic carbocycles. The Morgan fingerprint density at radius 1 is 1.25 bits per heavy atom. The predicted molar refractivity (Wildman–Crippen MR) is 126 cm³/mol. The molecule has 1 fully saturated rings. The van der Waals surface area contributed by atoms with Crippen LogP contribution in [0.25, 0.3) is 10.4 Å². The van der Waals surface area contributed by atoms with Gasteiger partial charge in [0, 0.05) is 37.2 Å². The standard InChI is InChI=1S/C20H23ClN6O3S2/c1-13-9-14(11-15(10-13)25-19-23-6-3-17(26-19)30-2)16-12-24-18(31-16)20(21)4-7-27(8-5-20)32(22,28)29/h3,6,9-12H,4-5,7-8H2,1-2H3,(H2,22,28,29)(H,23,25,26). The van der Waals surface area contributed by atoms with E-state index in [4.69, 9.17) is 21.5 Å². The van der Waals surface area contributed by atoms with Crippen LogP contribution in [0.2, 0.25) is 0 Å². The van der Waals surface area contributed by atoms with Crippen LogP contribution in [-0.4, -0.2) is 47.9 Å². The van der Waals surface area contributed by atoms with Crippen molar-refractivity contribution in [1.29, 1.82) is 0 Å². The van der Waals surface area contributed by atoms with Crippen LogP contribution in [0.5, 0.6) is 5.88 Å². The van der Waals surface area contributed by atoms with Crippen LogP contribution in [0.1, 0.15) is 23.4 Å². The van der Waals surface area contributed by atoms with Crippen LogP contribution in [-0.2, 0) is 15.1 Å². The first-order valence-corrected chi connectivity index (χ1v) is 12.6. The van der Waals surface area contributed by atoms with E-state index in [0.29, 0.717) is 24.7 Å². The van der Waals surface area contributed by atoms with Crippen LogP contribution in [0.4, 0.5) is 11.6 Å². The fourth-order valence-corrected chi connectivity index (χ4v) is 5.63. The van der Waals surface area contributed by atoms with E-state index in [2.05, 4.69) is 26.3 Å². The second-order valence-electron chi connectivity index (χ2n) is 7.57. The molecule has 170 valence electrons. The maximum Gasteiger partial charge on any atom is 0.276 e. The van der Waals surface area contributed by atoms with Crippen molar-refractivity contribution < 1.29 is 13.2 Å². The van der Waals surface area contributed by atoms with E-state index in [-0.39, 0.29) is 13.1 Å².